The Hall–Kier alpha value is -3.02. The van der Waals surface area contributed by atoms with Gasteiger partial charge >= 0.3 is 5.97 Å². The molecule has 0 aliphatic rings. The fraction of sp³-hybridized carbons (Fsp3) is 0.300. The molecule has 6 heteroatoms. The van der Waals surface area contributed by atoms with Crippen LogP contribution in [0, 0.1) is 6.92 Å². The minimum absolute atomic E-state index is 0.292. The molecule has 0 unspecified atom stereocenters. The molecule has 0 radical (unpaired) electrons. The van der Waals surface area contributed by atoms with Gasteiger partial charge in [-0.3, -0.25) is 4.79 Å². The van der Waals surface area contributed by atoms with E-state index in [1.165, 1.54) is 0 Å². The molecule has 1 N–H and O–H groups in total. The average molecular weight is 357 g/mol. The molecule has 0 heterocycles. The lowest BCUT2D eigenvalue weighted by molar-refractivity contribution is -0.122. The van der Waals surface area contributed by atoms with Crippen LogP contribution in [-0.2, 0) is 9.53 Å². The molecule has 1 amide bonds. The average Bonchev–Trinajstić information content (AvgIpc) is 2.63. The van der Waals surface area contributed by atoms with Crippen LogP contribution in [0.25, 0.3) is 0 Å². The topological polar surface area (TPSA) is 73.9 Å². The lowest BCUT2D eigenvalue weighted by Gasteiger charge is -2.17. The number of esters is 1. The molecule has 0 aliphatic carbocycles. The van der Waals surface area contributed by atoms with Gasteiger partial charge in [0.15, 0.2) is 6.10 Å². The lowest BCUT2D eigenvalue weighted by atomic mass is 10.1. The van der Waals surface area contributed by atoms with Gasteiger partial charge in [-0.2, -0.15) is 0 Å². The van der Waals surface area contributed by atoms with Crippen molar-refractivity contribution in [2.75, 3.05) is 19.0 Å². The SMILES string of the molecule is CCOC(=O)c1cccc(NC(=O)[C@@H](C)Oc2cccc(OC)c2)c1C. The maximum Gasteiger partial charge on any atom is 0.338 e. The Morgan fingerprint density at radius 1 is 1.12 bits per heavy atom. The Balaban J connectivity index is 2.09. The zero-order chi connectivity index (χ0) is 19.1. The van der Waals surface area contributed by atoms with E-state index < -0.39 is 12.1 Å². The summed E-state index contributed by atoms with van der Waals surface area (Å²) in [5, 5.41) is 2.79. The number of methoxy groups -OCH3 is 1. The molecule has 0 aliphatic heterocycles. The predicted molar refractivity (Wildman–Crippen MR) is 98.8 cm³/mol. The van der Waals surface area contributed by atoms with Crippen molar-refractivity contribution < 1.29 is 23.8 Å². The minimum atomic E-state index is -0.729. The Labute approximate surface area is 153 Å². The normalized spacial score (nSPS) is 11.4. The second-order valence-electron chi connectivity index (χ2n) is 5.63. The number of anilines is 1. The van der Waals surface area contributed by atoms with Gasteiger partial charge in [0.2, 0.25) is 0 Å². The van der Waals surface area contributed by atoms with Gasteiger partial charge < -0.3 is 19.5 Å². The van der Waals surface area contributed by atoms with E-state index in [9.17, 15) is 9.59 Å². The number of amides is 1. The molecule has 1 atom stereocenters. The quantitative estimate of drug-likeness (QED) is 0.767. The maximum atomic E-state index is 12.4. The number of carbonyl (C=O) groups excluding carboxylic acids is 2. The minimum Gasteiger partial charge on any atom is -0.497 e. The summed E-state index contributed by atoms with van der Waals surface area (Å²) in [5.74, 6) is 0.441. The van der Waals surface area contributed by atoms with Crippen LogP contribution in [-0.4, -0.2) is 31.7 Å². The Kier molecular flexibility index (Phi) is 6.60. The second kappa shape index (κ2) is 8.89. The molecule has 2 rings (SSSR count). The van der Waals surface area contributed by atoms with Crippen LogP contribution in [0.5, 0.6) is 11.5 Å². The van der Waals surface area contributed by atoms with E-state index in [0.29, 0.717) is 34.9 Å². The molecule has 0 saturated carbocycles. The first-order valence-electron chi connectivity index (χ1n) is 8.34. The summed E-state index contributed by atoms with van der Waals surface area (Å²) in [6.45, 7) is 5.45. The number of ether oxygens (including phenoxy) is 3. The number of benzene rings is 2. The van der Waals surface area contributed by atoms with Gasteiger partial charge in [-0.1, -0.05) is 12.1 Å². The van der Waals surface area contributed by atoms with Crippen LogP contribution >= 0.6 is 0 Å². The molecule has 2 aromatic carbocycles. The summed E-state index contributed by atoms with van der Waals surface area (Å²) >= 11 is 0. The summed E-state index contributed by atoms with van der Waals surface area (Å²) in [5.41, 5.74) is 1.61. The molecule has 0 fully saturated rings. The van der Waals surface area contributed by atoms with Gasteiger partial charge in [0.25, 0.3) is 5.91 Å². The Morgan fingerprint density at radius 2 is 1.81 bits per heavy atom. The summed E-state index contributed by atoms with van der Waals surface area (Å²) < 4.78 is 15.8. The summed E-state index contributed by atoms with van der Waals surface area (Å²) in [6.07, 6.45) is -0.729. The number of hydrogen-bond acceptors (Lipinski definition) is 5. The third-order valence-corrected chi connectivity index (χ3v) is 3.81. The monoisotopic (exact) mass is 357 g/mol. The second-order valence-corrected chi connectivity index (χ2v) is 5.63. The predicted octanol–water partition coefficient (Wildman–Crippen LogP) is 3.59. The van der Waals surface area contributed by atoms with E-state index in [1.54, 1.807) is 70.3 Å². The molecule has 0 aromatic heterocycles. The summed E-state index contributed by atoms with van der Waals surface area (Å²) in [6, 6.07) is 12.1. The maximum absolute atomic E-state index is 12.4. The fourth-order valence-corrected chi connectivity index (χ4v) is 2.37. The lowest BCUT2D eigenvalue weighted by Crippen LogP contribution is -2.30. The van der Waals surface area contributed by atoms with Gasteiger partial charge in [0, 0.05) is 11.8 Å². The van der Waals surface area contributed by atoms with Crippen LogP contribution in [0.2, 0.25) is 0 Å². The van der Waals surface area contributed by atoms with Crippen molar-refractivity contribution in [3.63, 3.8) is 0 Å². The van der Waals surface area contributed by atoms with Crippen LogP contribution in [0.4, 0.5) is 5.69 Å². The smallest absolute Gasteiger partial charge is 0.338 e. The van der Waals surface area contributed by atoms with Crippen LogP contribution in [0.3, 0.4) is 0 Å². The number of rotatable bonds is 7. The van der Waals surface area contributed by atoms with Crippen LogP contribution in [0.1, 0.15) is 29.8 Å². The molecule has 0 saturated heterocycles. The van der Waals surface area contributed by atoms with E-state index in [0.717, 1.165) is 0 Å². The fourth-order valence-electron chi connectivity index (χ4n) is 2.37. The number of nitrogens with one attached hydrogen (secondary N) is 1. The summed E-state index contributed by atoms with van der Waals surface area (Å²) in [7, 11) is 1.56. The van der Waals surface area contributed by atoms with Crippen molar-refractivity contribution in [3.8, 4) is 11.5 Å². The summed E-state index contributed by atoms with van der Waals surface area (Å²) in [4.78, 5) is 24.4. The molecular weight excluding hydrogens is 334 g/mol. The molecule has 2 aromatic rings. The van der Waals surface area contributed by atoms with E-state index in [4.69, 9.17) is 14.2 Å². The van der Waals surface area contributed by atoms with E-state index in [1.807, 2.05) is 0 Å². The van der Waals surface area contributed by atoms with Gasteiger partial charge in [0.1, 0.15) is 11.5 Å². The van der Waals surface area contributed by atoms with Gasteiger partial charge in [-0.25, -0.2) is 4.79 Å². The standard InChI is InChI=1S/C20H23NO5/c1-5-25-20(23)17-10-7-11-18(13(17)2)21-19(22)14(3)26-16-9-6-8-15(12-16)24-4/h6-12,14H,5H2,1-4H3,(H,21,22)/t14-/m1/s1. The van der Waals surface area contributed by atoms with Gasteiger partial charge in [0.05, 0.1) is 19.3 Å². The molecule has 6 nitrogen and oxygen atoms in total. The van der Waals surface area contributed by atoms with Crippen molar-refractivity contribution in [2.45, 2.75) is 26.9 Å². The zero-order valence-corrected chi connectivity index (χ0v) is 15.4. The third-order valence-electron chi connectivity index (χ3n) is 3.81. The molecule has 0 bridgehead atoms. The molecule has 26 heavy (non-hydrogen) atoms. The first-order valence-corrected chi connectivity index (χ1v) is 8.34. The highest BCUT2D eigenvalue weighted by Crippen LogP contribution is 2.22. The van der Waals surface area contributed by atoms with Crippen molar-refractivity contribution in [1.82, 2.24) is 0 Å². The van der Waals surface area contributed by atoms with Gasteiger partial charge in [-0.05, 0) is 50.6 Å². The number of hydrogen-bond donors (Lipinski definition) is 1. The third kappa shape index (κ3) is 4.75. The van der Waals surface area contributed by atoms with E-state index in [2.05, 4.69) is 5.32 Å². The van der Waals surface area contributed by atoms with Crippen molar-refractivity contribution in [1.29, 1.82) is 0 Å². The van der Waals surface area contributed by atoms with Crippen molar-refractivity contribution >= 4 is 17.6 Å². The highest BCUT2D eigenvalue weighted by Gasteiger charge is 2.18. The first kappa shape index (κ1) is 19.3. The van der Waals surface area contributed by atoms with Gasteiger partial charge in [-0.15, -0.1) is 0 Å². The van der Waals surface area contributed by atoms with Crippen molar-refractivity contribution in [2.24, 2.45) is 0 Å². The molecule has 138 valence electrons. The Bertz CT molecular complexity index is 788. The van der Waals surface area contributed by atoms with Crippen LogP contribution < -0.4 is 14.8 Å². The molecule has 0 spiro atoms. The number of carbonyl (C=O) groups is 2. The molecular formula is C20H23NO5. The van der Waals surface area contributed by atoms with E-state index >= 15 is 0 Å². The Morgan fingerprint density at radius 3 is 2.50 bits per heavy atom. The van der Waals surface area contributed by atoms with Crippen LogP contribution in [0.15, 0.2) is 42.5 Å². The largest absolute Gasteiger partial charge is 0.497 e. The van der Waals surface area contributed by atoms with Crippen molar-refractivity contribution in [3.05, 3.63) is 53.6 Å². The zero-order valence-electron chi connectivity index (χ0n) is 15.4. The highest BCUT2D eigenvalue weighted by molar-refractivity contribution is 5.98. The van der Waals surface area contributed by atoms with E-state index in [-0.39, 0.29) is 5.91 Å². The highest BCUT2D eigenvalue weighted by atomic mass is 16.5. The first-order chi connectivity index (χ1) is 12.5.